The normalized spacial score (nSPS) is 21.0. The van der Waals surface area contributed by atoms with E-state index in [2.05, 4.69) is 96.8 Å². The third kappa shape index (κ3) is 7.65. The molecule has 3 unspecified atom stereocenters. The summed E-state index contributed by atoms with van der Waals surface area (Å²) in [4.78, 5) is 0. The molecule has 2 aliphatic carbocycles. The Morgan fingerprint density at radius 1 is 0.794 bits per heavy atom. The summed E-state index contributed by atoms with van der Waals surface area (Å²) in [6.45, 7) is 15.1. The fraction of sp³-hybridized carbons (Fsp3) is 0.355. The van der Waals surface area contributed by atoms with Crippen LogP contribution in [0.3, 0.4) is 0 Å². The summed E-state index contributed by atoms with van der Waals surface area (Å²) in [5.41, 5.74) is 4.47. The summed E-state index contributed by atoms with van der Waals surface area (Å²) < 4.78 is 4.94. The Morgan fingerprint density at radius 3 is 1.74 bits per heavy atom. The van der Waals surface area contributed by atoms with Crippen LogP contribution in [0.2, 0.25) is 14.7 Å². The maximum Gasteiger partial charge on any atom is -0.0149 e. The van der Waals surface area contributed by atoms with Gasteiger partial charge in [0.05, 0.1) is 0 Å². The van der Waals surface area contributed by atoms with E-state index in [4.69, 9.17) is 0 Å². The first-order valence-electron chi connectivity index (χ1n) is 12.2. The molecule has 0 saturated heterocycles. The van der Waals surface area contributed by atoms with E-state index in [0.29, 0.717) is 0 Å². The molecule has 3 heteroatoms. The van der Waals surface area contributed by atoms with Gasteiger partial charge in [0.2, 0.25) is 0 Å². The molecule has 0 bridgehead atoms. The van der Waals surface area contributed by atoms with Crippen molar-refractivity contribution in [3.05, 3.63) is 109 Å². The van der Waals surface area contributed by atoms with Crippen molar-refractivity contribution < 1.29 is 16.8 Å². The summed E-state index contributed by atoms with van der Waals surface area (Å²) in [6, 6.07) is 20.3. The van der Waals surface area contributed by atoms with E-state index in [0.717, 1.165) is 38.3 Å². The van der Waals surface area contributed by atoms with Gasteiger partial charge in [-0.1, -0.05) is 73.8 Å². The van der Waals surface area contributed by atoms with E-state index in [-0.39, 0.29) is 16.5 Å². The fourth-order valence-corrected chi connectivity index (χ4v) is 12.2. The van der Waals surface area contributed by atoms with Crippen LogP contribution < -0.4 is 3.80 Å². The maximum absolute atomic E-state index is 4.10. The molecule has 0 amide bonds. The number of hydrogen-bond donors (Lipinski definition) is 1. The zero-order valence-electron chi connectivity index (χ0n) is 21.1. The second kappa shape index (κ2) is 12.3. The number of rotatable bonds is 5. The van der Waals surface area contributed by atoms with Gasteiger partial charge in [0.1, 0.15) is 0 Å². The van der Waals surface area contributed by atoms with Crippen molar-refractivity contribution in [1.82, 2.24) is 3.80 Å². The van der Waals surface area contributed by atoms with Gasteiger partial charge in [-0.3, -0.25) is 0 Å². The van der Waals surface area contributed by atoms with E-state index < -0.39 is 16.8 Å². The molecule has 0 radical (unpaired) electrons. The maximum atomic E-state index is 4.10. The Labute approximate surface area is 216 Å². The van der Waals surface area contributed by atoms with Crippen molar-refractivity contribution in [2.45, 2.75) is 53.8 Å². The minimum absolute atomic E-state index is 0. The molecule has 4 rings (SSSR count). The first-order chi connectivity index (χ1) is 15.6. The Kier molecular flexibility index (Phi) is 10.3. The van der Waals surface area contributed by atoms with Crippen molar-refractivity contribution in [1.29, 1.82) is 0 Å². The van der Waals surface area contributed by atoms with Gasteiger partial charge in [-0.15, -0.1) is 0 Å². The van der Waals surface area contributed by atoms with Crippen molar-refractivity contribution in [2.75, 3.05) is 0 Å². The number of fused-ring (bicyclic) bond motifs is 1. The van der Waals surface area contributed by atoms with E-state index in [1.165, 1.54) is 12.8 Å². The molecule has 0 heterocycles. The van der Waals surface area contributed by atoms with Crippen LogP contribution >= 0.6 is 0 Å². The average molecular weight is 508 g/mol. The minimum atomic E-state index is -1.90. The summed E-state index contributed by atoms with van der Waals surface area (Å²) >= 11 is -1.90. The zero-order valence-corrected chi connectivity index (χ0v) is 22.7. The standard InChI is InChI=1S/C16H14.C9H11.C4H10N.2CH3.H4Si.Ti/c1-13(15-9-5-3-6-10-15)14(2)16-11-7-4-8-12-16;1-2-5-9-7-3-6-8(9)4-1;1-4(2,3)5;;;;/h3-12H,1-2H2;1-2,4-6,8-9H,3,7H2;5H,1-3H3;2*1H3;1H4;/q;;-1;;;;+1. The van der Waals surface area contributed by atoms with E-state index in [1.54, 1.807) is 0 Å². The number of nitrogens with one attached hydrogen (secondary N) is 1. The SMILES string of the molecule is C=C(C(=C)c1ccccc1)c1ccccc1.CC(C)(C)[NH][Ti]([CH3])([CH3])[CH]1CCC2C=CC=CC21.[SiH4]. The predicted octanol–water partition coefficient (Wildman–Crippen LogP) is 7.44. The average Bonchev–Trinajstić information content (AvgIpc) is 3.23. The molecule has 0 aliphatic heterocycles. The van der Waals surface area contributed by atoms with Crippen molar-refractivity contribution >= 4 is 22.1 Å². The van der Waals surface area contributed by atoms with Crippen molar-refractivity contribution in [3.8, 4) is 0 Å². The van der Waals surface area contributed by atoms with Crippen LogP contribution in [0.4, 0.5) is 0 Å². The van der Waals surface area contributed by atoms with Gasteiger partial charge in [0.25, 0.3) is 0 Å². The van der Waals surface area contributed by atoms with Gasteiger partial charge in [-0.2, -0.15) is 0 Å². The van der Waals surface area contributed by atoms with Crippen LogP contribution in [-0.2, 0) is 16.8 Å². The molecule has 1 saturated carbocycles. The number of allylic oxidation sites excluding steroid dienone is 6. The fourth-order valence-electron chi connectivity index (χ4n) is 5.48. The second-order valence-electron chi connectivity index (χ2n) is 11.0. The zero-order chi connectivity index (χ0) is 24.1. The van der Waals surface area contributed by atoms with Gasteiger partial charge in [-0.25, -0.2) is 0 Å². The summed E-state index contributed by atoms with van der Waals surface area (Å²) in [7, 11) is 0. The monoisotopic (exact) mass is 507 g/mol. The van der Waals surface area contributed by atoms with Gasteiger partial charge in [0, 0.05) is 0 Å². The molecule has 2 aromatic rings. The van der Waals surface area contributed by atoms with Gasteiger partial charge >= 0.3 is 111 Å². The number of hydrogen-bond acceptors (Lipinski definition) is 1. The minimum Gasteiger partial charge on any atom is -0.0149 e. The molecule has 2 aliphatic rings. The molecule has 0 spiro atoms. The molecule has 0 aromatic heterocycles. The van der Waals surface area contributed by atoms with E-state index >= 15 is 0 Å². The largest absolute Gasteiger partial charge is 0.0149 e. The smallest absolute Gasteiger partial charge is 0.0149 e. The quantitative estimate of drug-likeness (QED) is 0.328. The van der Waals surface area contributed by atoms with Crippen LogP contribution in [0.5, 0.6) is 0 Å². The summed E-state index contributed by atoms with van der Waals surface area (Å²) in [6.07, 6.45) is 12.2. The molecule has 3 atom stereocenters. The molecule has 1 N–H and O–H groups in total. The Bertz CT molecular complexity index is 949. The second-order valence-corrected chi connectivity index (χ2v) is 17.9. The van der Waals surface area contributed by atoms with Crippen molar-refractivity contribution in [2.24, 2.45) is 11.8 Å². The molecule has 182 valence electrons. The summed E-state index contributed by atoms with van der Waals surface area (Å²) in [5.74, 6) is 1.65. The Hall–Kier alpha value is -1.71. The van der Waals surface area contributed by atoms with Gasteiger partial charge in [0.15, 0.2) is 0 Å². The van der Waals surface area contributed by atoms with Crippen LogP contribution in [0.25, 0.3) is 11.1 Å². The Morgan fingerprint density at radius 2 is 1.26 bits per heavy atom. The first kappa shape index (κ1) is 28.5. The van der Waals surface area contributed by atoms with Crippen LogP contribution in [0.1, 0.15) is 44.7 Å². The first-order valence-corrected chi connectivity index (χ1v) is 17.0. The van der Waals surface area contributed by atoms with Gasteiger partial charge < -0.3 is 0 Å². The molecule has 1 fully saturated rings. The predicted molar refractivity (Wildman–Crippen MR) is 155 cm³/mol. The third-order valence-corrected chi connectivity index (χ3v) is 12.9. The van der Waals surface area contributed by atoms with Gasteiger partial charge in [-0.05, 0) is 33.2 Å². The molecule has 2 aromatic carbocycles. The Balaban J connectivity index is 0.000000234. The van der Waals surface area contributed by atoms with Crippen LogP contribution in [0, 0.1) is 11.8 Å². The van der Waals surface area contributed by atoms with Crippen LogP contribution in [0.15, 0.2) is 98.1 Å². The molecular weight excluding hydrogens is 462 g/mol. The third-order valence-electron chi connectivity index (χ3n) is 6.81. The topological polar surface area (TPSA) is 12.0 Å². The van der Waals surface area contributed by atoms with E-state index in [9.17, 15) is 0 Å². The summed E-state index contributed by atoms with van der Waals surface area (Å²) in [5, 5.41) is 5.12. The molecule has 1 nitrogen and oxygen atoms in total. The number of benzene rings is 2. The van der Waals surface area contributed by atoms with Crippen molar-refractivity contribution in [3.63, 3.8) is 0 Å². The molecular formula is C31H45NSiTi. The van der Waals surface area contributed by atoms with Crippen LogP contribution in [-0.4, -0.2) is 16.5 Å². The van der Waals surface area contributed by atoms with E-state index in [1.807, 2.05) is 36.4 Å². The molecule has 34 heavy (non-hydrogen) atoms.